The Hall–Kier alpha value is -0.580. The first-order valence-corrected chi connectivity index (χ1v) is 8.48. The molecule has 0 unspecified atom stereocenters. The van der Waals surface area contributed by atoms with Crippen LogP contribution < -0.4 is 4.72 Å². The van der Waals surface area contributed by atoms with E-state index in [4.69, 9.17) is 0 Å². The van der Waals surface area contributed by atoms with E-state index in [1.807, 2.05) is 4.72 Å². The van der Waals surface area contributed by atoms with Crippen LogP contribution in [0, 0.1) is 11.9 Å². The van der Waals surface area contributed by atoms with E-state index < -0.39 is 27.6 Å². The molecular weight excluding hydrogens is 430 g/mol. The van der Waals surface area contributed by atoms with Crippen molar-refractivity contribution in [3.63, 3.8) is 0 Å². The van der Waals surface area contributed by atoms with Crippen molar-refractivity contribution < 1.29 is 17.2 Å². The van der Waals surface area contributed by atoms with E-state index in [0.717, 1.165) is 23.5 Å². The number of hydrogen-bond acceptors (Lipinski definition) is 4. The van der Waals surface area contributed by atoms with Crippen molar-refractivity contribution in [2.75, 3.05) is 4.72 Å². The number of rotatable bonds is 3. The smallest absolute Gasteiger partial charge is 0.264 e. The standard InChI is InChI=1S/C9H4Br2F2N2O2S2/c10-6-3-5(8(11)18-6)19(16,17)15-4-1-2-7(12)14-9(4)13/h1-3,15H. The Morgan fingerprint density at radius 2 is 1.95 bits per heavy atom. The molecule has 0 aliphatic carbocycles. The van der Waals surface area contributed by atoms with Crippen LogP contribution in [0.5, 0.6) is 0 Å². The summed E-state index contributed by atoms with van der Waals surface area (Å²) in [5.41, 5.74) is -0.421. The Bertz CT molecular complexity index is 734. The molecule has 10 heteroatoms. The summed E-state index contributed by atoms with van der Waals surface area (Å²) < 4.78 is 53.0. The second-order valence-electron chi connectivity index (χ2n) is 3.27. The van der Waals surface area contributed by atoms with Gasteiger partial charge in [-0.15, -0.1) is 11.3 Å². The molecule has 2 aromatic rings. The molecule has 0 aromatic carbocycles. The van der Waals surface area contributed by atoms with Crippen LogP contribution in [0.25, 0.3) is 0 Å². The highest BCUT2D eigenvalue weighted by molar-refractivity contribution is 9.12. The van der Waals surface area contributed by atoms with Gasteiger partial charge >= 0.3 is 0 Å². The number of aromatic nitrogens is 1. The third-order valence-corrected chi connectivity index (χ3v) is 6.09. The molecule has 0 fully saturated rings. The maximum absolute atomic E-state index is 13.3. The van der Waals surface area contributed by atoms with Gasteiger partial charge in [0.05, 0.1) is 7.57 Å². The summed E-state index contributed by atoms with van der Waals surface area (Å²) in [6, 6.07) is 3.19. The van der Waals surface area contributed by atoms with Crippen LogP contribution in [0.3, 0.4) is 0 Å². The first kappa shape index (κ1) is 14.8. The van der Waals surface area contributed by atoms with Gasteiger partial charge in [-0.25, -0.2) is 8.42 Å². The maximum Gasteiger partial charge on any atom is 0.264 e. The number of nitrogens with one attached hydrogen (secondary N) is 1. The molecular formula is C9H4Br2F2N2O2S2. The highest BCUT2D eigenvalue weighted by atomic mass is 79.9. The van der Waals surface area contributed by atoms with Crippen LogP contribution in [0.15, 0.2) is 30.7 Å². The van der Waals surface area contributed by atoms with E-state index in [0.29, 0.717) is 7.57 Å². The van der Waals surface area contributed by atoms with Gasteiger partial charge in [0.2, 0.25) is 11.9 Å². The Morgan fingerprint density at radius 1 is 1.26 bits per heavy atom. The molecule has 0 aliphatic rings. The minimum atomic E-state index is -3.98. The predicted octanol–water partition coefficient (Wildman–Crippen LogP) is 3.75. The Kier molecular flexibility index (Phi) is 4.23. The molecule has 0 radical (unpaired) electrons. The van der Waals surface area contributed by atoms with E-state index in [-0.39, 0.29) is 4.90 Å². The van der Waals surface area contributed by atoms with Gasteiger partial charge in [0.25, 0.3) is 10.0 Å². The van der Waals surface area contributed by atoms with Gasteiger partial charge in [0, 0.05) is 0 Å². The van der Waals surface area contributed by atoms with Gasteiger partial charge in [0.15, 0.2) is 0 Å². The Labute approximate surface area is 128 Å². The van der Waals surface area contributed by atoms with Gasteiger partial charge in [-0.3, -0.25) is 4.72 Å². The zero-order valence-electron chi connectivity index (χ0n) is 8.82. The largest absolute Gasteiger partial charge is 0.275 e. The second kappa shape index (κ2) is 5.43. The molecule has 2 rings (SSSR count). The lowest BCUT2D eigenvalue weighted by atomic mass is 10.4. The van der Waals surface area contributed by atoms with Crippen molar-refractivity contribution in [1.82, 2.24) is 4.98 Å². The second-order valence-corrected chi connectivity index (χ2v) is 8.67. The summed E-state index contributed by atoms with van der Waals surface area (Å²) in [5, 5.41) is 0. The van der Waals surface area contributed by atoms with Gasteiger partial charge in [-0.1, -0.05) is 0 Å². The topological polar surface area (TPSA) is 59.1 Å². The molecule has 0 saturated heterocycles. The summed E-state index contributed by atoms with van der Waals surface area (Å²) in [6.45, 7) is 0. The van der Waals surface area contributed by atoms with Crippen LogP contribution >= 0.6 is 43.2 Å². The third kappa shape index (κ3) is 3.30. The summed E-state index contributed by atoms with van der Waals surface area (Å²) in [4.78, 5) is 2.85. The Morgan fingerprint density at radius 3 is 2.47 bits per heavy atom. The van der Waals surface area contributed by atoms with Gasteiger partial charge < -0.3 is 0 Å². The fourth-order valence-corrected chi connectivity index (χ4v) is 6.06. The number of halogens is 4. The molecule has 0 bridgehead atoms. The quantitative estimate of drug-likeness (QED) is 0.750. The summed E-state index contributed by atoms with van der Waals surface area (Å²) in [6.07, 6.45) is 0. The summed E-state index contributed by atoms with van der Waals surface area (Å²) in [7, 11) is -3.98. The highest BCUT2D eigenvalue weighted by Gasteiger charge is 2.22. The molecule has 0 aliphatic heterocycles. The van der Waals surface area contributed by atoms with E-state index >= 15 is 0 Å². The van der Waals surface area contributed by atoms with E-state index in [2.05, 4.69) is 36.8 Å². The molecule has 0 saturated carbocycles. The molecule has 2 aromatic heterocycles. The molecule has 0 spiro atoms. The number of sulfonamides is 1. The predicted molar refractivity (Wildman–Crippen MR) is 74.7 cm³/mol. The molecule has 0 amide bonds. The minimum Gasteiger partial charge on any atom is -0.275 e. The number of nitrogens with zero attached hydrogens (tertiary/aromatic N) is 1. The normalized spacial score (nSPS) is 11.6. The molecule has 4 nitrogen and oxygen atoms in total. The number of anilines is 1. The number of pyridine rings is 1. The van der Waals surface area contributed by atoms with Crippen molar-refractivity contribution in [2.24, 2.45) is 0 Å². The first-order chi connectivity index (χ1) is 8.79. The van der Waals surface area contributed by atoms with Crippen molar-refractivity contribution >= 4 is 58.9 Å². The molecule has 1 N–H and O–H groups in total. The average molecular weight is 434 g/mol. The lowest BCUT2D eigenvalue weighted by Gasteiger charge is -2.07. The summed E-state index contributed by atoms with van der Waals surface area (Å²) in [5.74, 6) is -2.26. The van der Waals surface area contributed by atoms with Gasteiger partial charge in [-0.05, 0) is 50.1 Å². The molecule has 0 atom stereocenters. The first-order valence-electron chi connectivity index (χ1n) is 4.59. The number of thiophene rings is 1. The SMILES string of the molecule is O=S(=O)(Nc1ccc(F)nc1F)c1cc(Br)sc1Br. The fraction of sp³-hybridized carbons (Fsp3) is 0. The maximum atomic E-state index is 13.3. The van der Waals surface area contributed by atoms with Crippen molar-refractivity contribution in [3.8, 4) is 0 Å². The van der Waals surface area contributed by atoms with Crippen molar-refractivity contribution in [3.05, 3.63) is 37.7 Å². The van der Waals surface area contributed by atoms with Crippen LogP contribution in [0.1, 0.15) is 0 Å². The minimum absolute atomic E-state index is 0.0481. The van der Waals surface area contributed by atoms with Crippen molar-refractivity contribution in [1.29, 1.82) is 0 Å². The van der Waals surface area contributed by atoms with E-state index in [1.54, 1.807) is 0 Å². The van der Waals surface area contributed by atoms with Crippen LogP contribution in [-0.2, 0) is 10.0 Å². The Balaban J connectivity index is 2.39. The van der Waals surface area contributed by atoms with Crippen LogP contribution in [0.4, 0.5) is 14.5 Å². The van der Waals surface area contributed by atoms with E-state index in [1.165, 1.54) is 6.07 Å². The zero-order valence-corrected chi connectivity index (χ0v) is 13.6. The van der Waals surface area contributed by atoms with Crippen LogP contribution in [-0.4, -0.2) is 13.4 Å². The molecule has 2 heterocycles. The van der Waals surface area contributed by atoms with Crippen molar-refractivity contribution in [2.45, 2.75) is 4.90 Å². The fourth-order valence-electron chi connectivity index (χ4n) is 1.20. The van der Waals surface area contributed by atoms with Crippen LogP contribution in [0.2, 0.25) is 0 Å². The molecule has 19 heavy (non-hydrogen) atoms. The molecule has 102 valence electrons. The summed E-state index contributed by atoms with van der Waals surface area (Å²) >= 11 is 7.40. The number of hydrogen-bond donors (Lipinski definition) is 1. The van der Waals surface area contributed by atoms with Gasteiger partial charge in [-0.2, -0.15) is 13.8 Å². The highest BCUT2D eigenvalue weighted by Crippen LogP contribution is 2.35. The lowest BCUT2D eigenvalue weighted by Crippen LogP contribution is -2.14. The average Bonchev–Trinajstić information content (AvgIpc) is 2.63. The van der Waals surface area contributed by atoms with E-state index in [9.17, 15) is 17.2 Å². The third-order valence-electron chi connectivity index (χ3n) is 1.97. The van der Waals surface area contributed by atoms with Gasteiger partial charge in [0.1, 0.15) is 10.6 Å². The zero-order chi connectivity index (χ0) is 14.2. The lowest BCUT2D eigenvalue weighted by molar-refractivity contribution is 0.515. The monoisotopic (exact) mass is 432 g/mol.